The number of piperidine rings is 1. The average Bonchev–Trinajstić information content (AvgIpc) is 3.09. The molecule has 158 valence electrons. The van der Waals surface area contributed by atoms with Crippen molar-refractivity contribution in [3.05, 3.63) is 40.4 Å². The van der Waals surface area contributed by atoms with Crippen LogP contribution in [0.4, 0.5) is 4.79 Å². The van der Waals surface area contributed by atoms with Crippen molar-refractivity contribution in [2.75, 3.05) is 13.1 Å². The largest absolute Gasteiger partial charge is 0.493 e. The Labute approximate surface area is 177 Å². The van der Waals surface area contributed by atoms with E-state index in [-0.39, 0.29) is 23.5 Å². The lowest BCUT2D eigenvalue weighted by Crippen LogP contribution is -2.41. The Morgan fingerprint density at radius 3 is 2.57 bits per heavy atom. The fraction of sp³-hybridized carbons (Fsp3) is 0.429. The highest BCUT2D eigenvalue weighted by atomic mass is 32.1. The molecular formula is C21H24N4O4S. The summed E-state index contributed by atoms with van der Waals surface area (Å²) >= 11 is 1.34. The molecule has 30 heavy (non-hydrogen) atoms. The van der Waals surface area contributed by atoms with Crippen LogP contribution in [0.1, 0.15) is 45.4 Å². The minimum atomic E-state index is -0.539. The number of H-pyrrole nitrogens is 1. The Hall–Kier alpha value is -2.94. The summed E-state index contributed by atoms with van der Waals surface area (Å²) in [6, 6.07) is 7.56. The Morgan fingerprint density at radius 1 is 1.23 bits per heavy atom. The zero-order valence-corrected chi connectivity index (χ0v) is 18.0. The zero-order chi connectivity index (χ0) is 21.5. The van der Waals surface area contributed by atoms with Gasteiger partial charge in [0.1, 0.15) is 22.0 Å². The average molecular weight is 429 g/mol. The number of hydrogen-bond acceptors (Lipinski definition) is 7. The first-order valence-corrected chi connectivity index (χ1v) is 10.7. The molecule has 0 spiro atoms. The van der Waals surface area contributed by atoms with Crippen LogP contribution in [0.3, 0.4) is 0 Å². The Balaban J connectivity index is 1.52. The van der Waals surface area contributed by atoms with Gasteiger partial charge in [0, 0.05) is 19.0 Å². The molecule has 3 heterocycles. The smallest absolute Gasteiger partial charge is 0.410 e. The van der Waals surface area contributed by atoms with Gasteiger partial charge in [-0.1, -0.05) is 12.1 Å². The number of rotatable bonds is 2. The number of aromatic amines is 1. The topological polar surface area (TPSA) is 108 Å². The van der Waals surface area contributed by atoms with Gasteiger partial charge >= 0.3 is 6.09 Å². The number of nitrogens with one attached hydrogen (secondary N) is 1. The van der Waals surface area contributed by atoms with Gasteiger partial charge in [-0.2, -0.15) is 4.98 Å². The maximum atomic E-state index is 12.7. The minimum absolute atomic E-state index is 0.0493. The van der Waals surface area contributed by atoms with Crippen LogP contribution < -0.4 is 5.56 Å². The molecule has 1 fully saturated rings. The third kappa shape index (κ3) is 4.16. The Morgan fingerprint density at radius 2 is 1.93 bits per heavy atom. The lowest BCUT2D eigenvalue weighted by atomic mass is 9.96. The van der Waals surface area contributed by atoms with Gasteiger partial charge in [-0.15, -0.1) is 11.3 Å². The number of aromatic nitrogens is 3. The van der Waals surface area contributed by atoms with Crippen LogP contribution in [0, 0.1) is 0 Å². The summed E-state index contributed by atoms with van der Waals surface area (Å²) in [7, 11) is 0. The first kappa shape index (κ1) is 20.3. The molecule has 1 saturated heterocycles. The van der Waals surface area contributed by atoms with Crippen molar-refractivity contribution in [1.82, 2.24) is 19.9 Å². The first-order chi connectivity index (χ1) is 14.2. The molecular weight excluding hydrogens is 404 g/mol. The molecule has 1 aliphatic rings. The zero-order valence-electron chi connectivity index (χ0n) is 17.1. The lowest BCUT2D eigenvalue weighted by Gasteiger charge is -2.33. The SMILES string of the molecule is CC(C)(C)OC(=O)N1CCC(c2nc(O)c(-c3nc4ccccc4s3)c(=O)[nH]2)CC1. The van der Waals surface area contributed by atoms with Crippen molar-refractivity contribution in [3.8, 4) is 16.5 Å². The molecule has 4 rings (SSSR count). The van der Waals surface area contributed by atoms with Gasteiger partial charge in [0.15, 0.2) is 0 Å². The minimum Gasteiger partial charge on any atom is -0.493 e. The van der Waals surface area contributed by atoms with Gasteiger partial charge in [0.2, 0.25) is 5.88 Å². The summed E-state index contributed by atoms with van der Waals surface area (Å²) in [6.07, 6.45) is 0.918. The number of nitrogens with zero attached hydrogens (tertiary/aromatic N) is 3. The van der Waals surface area contributed by atoms with E-state index >= 15 is 0 Å². The summed E-state index contributed by atoms with van der Waals surface area (Å²) in [6.45, 7) is 6.51. The molecule has 2 N–H and O–H groups in total. The molecule has 1 aromatic carbocycles. The van der Waals surface area contributed by atoms with Gasteiger partial charge < -0.3 is 19.7 Å². The van der Waals surface area contributed by atoms with Crippen molar-refractivity contribution < 1.29 is 14.6 Å². The van der Waals surface area contributed by atoms with E-state index < -0.39 is 11.2 Å². The number of para-hydroxylation sites is 1. The third-order valence-electron chi connectivity index (χ3n) is 4.96. The number of hydrogen-bond donors (Lipinski definition) is 2. The number of benzene rings is 1. The number of likely N-dealkylation sites (tertiary alicyclic amines) is 1. The second kappa shape index (κ2) is 7.71. The van der Waals surface area contributed by atoms with Gasteiger partial charge in [-0.05, 0) is 45.7 Å². The van der Waals surface area contributed by atoms with Crippen LogP contribution in [0.15, 0.2) is 29.1 Å². The predicted octanol–water partition coefficient (Wildman–Crippen LogP) is 3.87. The molecule has 3 aromatic rings. The number of carbonyl (C=O) groups excluding carboxylic acids is 1. The highest BCUT2D eigenvalue weighted by molar-refractivity contribution is 7.21. The van der Waals surface area contributed by atoms with Crippen molar-refractivity contribution in [2.45, 2.75) is 45.1 Å². The number of thiazole rings is 1. The highest BCUT2D eigenvalue weighted by Gasteiger charge is 2.29. The predicted molar refractivity (Wildman–Crippen MR) is 115 cm³/mol. The maximum Gasteiger partial charge on any atom is 0.410 e. The number of amides is 1. The van der Waals surface area contributed by atoms with E-state index in [1.165, 1.54) is 11.3 Å². The summed E-state index contributed by atoms with van der Waals surface area (Å²) in [5, 5.41) is 10.9. The van der Waals surface area contributed by atoms with E-state index in [9.17, 15) is 14.7 Å². The van der Waals surface area contributed by atoms with Crippen LogP contribution >= 0.6 is 11.3 Å². The normalized spacial score (nSPS) is 15.5. The maximum absolute atomic E-state index is 12.7. The molecule has 1 amide bonds. The molecule has 0 radical (unpaired) electrons. The molecule has 9 heteroatoms. The van der Waals surface area contributed by atoms with Crippen molar-refractivity contribution >= 4 is 27.6 Å². The molecule has 0 aliphatic carbocycles. The van der Waals surface area contributed by atoms with Gasteiger partial charge in [-0.3, -0.25) is 4.79 Å². The van der Waals surface area contributed by atoms with Crippen molar-refractivity contribution in [3.63, 3.8) is 0 Å². The summed E-state index contributed by atoms with van der Waals surface area (Å²) in [5.41, 5.74) is -0.0876. The van der Waals surface area contributed by atoms with E-state index in [0.717, 1.165) is 10.2 Å². The Bertz CT molecular complexity index is 1110. The quantitative estimate of drug-likeness (QED) is 0.641. The standard InChI is InChI=1S/C21H24N4O4S/c1-21(2,3)29-20(28)25-10-8-12(9-11-25)16-23-17(26)15(18(27)24-16)19-22-13-6-4-5-7-14(13)30-19/h4-7,12H,8-11H2,1-3H3,(H2,23,24,26,27). The van der Waals surface area contributed by atoms with Crippen molar-refractivity contribution in [2.24, 2.45) is 0 Å². The monoisotopic (exact) mass is 428 g/mol. The van der Waals surface area contributed by atoms with E-state index in [0.29, 0.717) is 36.8 Å². The summed E-state index contributed by atoms with van der Waals surface area (Å²) in [4.78, 5) is 38.2. The highest BCUT2D eigenvalue weighted by Crippen LogP contribution is 2.33. The van der Waals surface area contributed by atoms with Gasteiger partial charge in [0.25, 0.3) is 5.56 Å². The molecule has 0 atom stereocenters. The Kier molecular flexibility index (Phi) is 5.23. The van der Waals surface area contributed by atoms with Crippen LogP contribution in [0.25, 0.3) is 20.8 Å². The van der Waals surface area contributed by atoms with Crippen molar-refractivity contribution in [1.29, 1.82) is 0 Å². The molecule has 8 nitrogen and oxygen atoms in total. The second-order valence-electron chi connectivity index (χ2n) is 8.38. The molecule has 0 saturated carbocycles. The van der Waals surface area contributed by atoms with Crippen LogP contribution in [0.2, 0.25) is 0 Å². The number of fused-ring (bicyclic) bond motifs is 1. The van der Waals surface area contributed by atoms with E-state index in [1.54, 1.807) is 4.90 Å². The molecule has 0 bridgehead atoms. The summed E-state index contributed by atoms with van der Waals surface area (Å²) < 4.78 is 6.35. The van der Waals surface area contributed by atoms with Crippen LogP contribution in [0.5, 0.6) is 5.88 Å². The van der Waals surface area contributed by atoms with Crippen LogP contribution in [-0.2, 0) is 4.74 Å². The van der Waals surface area contributed by atoms with Crippen LogP contribution in [-0.4, -0.2) is 49.7 Å². The number of ether oxygens (including phenoxy) is 1. The fourth-order valence-corrected chi connectivity index (χ4v) is 4.51. The van der Waals surface area contributed by atoms with E-state index in [4.69, 9.17) is 4.74 Å². The molecule has 1 aliphatic heterocycles. The van der Waals surface area contributed by atoms with E-state index in [1.807, 2.05) is 45.0 Å². The molecule has 0 unspecified atom stereocenters. The van der Waals surface area contributed by atoms with Gasteiger partial charge in [-0.25, -0.2) is 9.78 Å². The number of carbonyl (C=O) groups is 1. The second-order valence-corrected chi connectivity index (χ2v) is 9.41. The van der Waals surface area contributed by atoms with Gasteiger partial charge in [0.05, 0.1) is 10.2 Å². The number of aromatic hydroxyl groups is 1. The lowest BCUT2D eigenvalue weighted by molar-refractivity contribution is 0.0203. The first-order valence-electron chi connectivity index (χ1n) is 9.88. The third-order valence-corrected chi connectivity index (χ3v) is 6.01. The molecule has 2 aromatic heterocycles. The van der Waals surface area contributed by atoms with E-state index in [2.05, 4.69) is 15.0 Å². The fourth-order valence-electron chi connectivity index (χ4n) is 3.51. The summed E-state index contributed by atoms with van der Waals surface area (Å²) in [5.74, 6) is 0.0697.